The van der Waals surface area contributed by atoms with Crippen LogP contribution in [0.15, 0.2) is 16.3 Å². The van der Waals surface area contributed by atoms with Crippen LogP contribution in [0.1, 0.15) is 29.4 Å². The van der Waals surface area contributed by atoms with Crippen molar-refractivity contribution in [1.82, 2.24) is 9.62 Å². The molecule has 106 valence electrons. The molecule has 0 radical (unpaired) electrons. The molecule has 1 aromatic rings. The molecule has 0 aromatic carbocycles. The van der Waals surface area contributed by atoms with Gasteiger partial charge in [0.15, 0.2) is 0 Å². The summed E-state index contributed by atoms with van der Waals surface area (Å²) in [5.41, 5.74) is 0. The van der Waals surface area contributed by atoms with Crippen LogP contribution in [-0.2, 0) is 10.0 Å². The highest BCUT2D eigenvalue weighted by Gasteiger charge is 2.29. The van der Waals surface area contributed by atoms with E-state index in [0.717, 1.165) is 24.2 Å². The highest BCUT2D eigenvalue weighted by atomic mass is 32.2. The van der Waals surface area contributed by atoms with Gasteiger partial charge in [-0.15, -0.1) is 11.3 Å². The fourth-order valence-electron chi connectivity index (χ4n) is 2.21. The summed E-state index contributed by atoms with van der Waals surface area (Å²) in [7, 11) is -1.92. The largest absolute Gasteiger partial charge is 0.354 e. The number of thiophene rings is 1. The van der Waals surface area contributed by atoms with Crippen molar-refractivity contribution in [1.29, 1.82) is 0 Å². The molecule has 0 bridgehead atoms. The maximum Gasteiger partial charge on any atom is 0.261 e. The van der Waals surface area contributed by atoms with Gasteiger partial charge in [0, 0.05) is 25.5 Å². The average Bonchev–Trinajstić information content (AvgIpc) is 2.88. The number of sulfonamides is 1. The van der Waals surface area contributed by atoms with Gasteiger partial charge in [0.2, 0.25) is 10.0 Å². The number of piperidine rings is 1. The van der Waals surface area contributed by atoms with Crippen molar-refractivity contribution in [2.45, 2.75) is 24.7 Å². The molecule has 0 spiro atoms. The highest BCUT2D eigenvalue weighted by Crippen LogP contribution is 2.26. The normalized spacial score (nSPS) is 21.3. The van der Waals surface area contributed by atoms with E-state index in [1.807, 2.05) is 0 Å². The van der Waals surface area contributed by atoms with Crippen molar-refractivity contribution >= 4 is 27.3 Å². The predicted octanol–water partition coefficient (Wildman–Crippen LogP) is 1.53. The fourth-order valence-corrected chi connectivity index (χ4v) is 5.02. The van der Waals surface area contributed by atoms with Crippen LogP contribution in [0.25, 0.3) is 0 Å². The first kappa shape index (κ1) is 14.5. The van der Waals surface area contributed by atoms with E-state index in [4.69, 9.17) is 0 Å². The lowest BCUT2D eigenvalue weighted by atomic mass is 10.0. The second kappa shape index (κ2) is 5.60. The topological polar surface area (TPSA) is 66.5 Å². The zero-order valence-electron chi connectivity index (χ0n) is 11.0. The number of carbonyl (C=O) groups excluding carboxylic acids is 1. The Kier molecular flexibility index (Phi) is 4.27. The Balaban J connectivity index is 2.24. The Hall–Kier alpha value is -0.920. The maximum atomic E-state index is 12.5. The molecule has 1 fully saturated rings. The number of hydrogen-bond donors (Lipinski definition) is 1. The molecule has 1 atom stereocenters. The van der Waals surface area contributed by atoms with E-state index in [0.29, 0.717) is 23.9 Å². The summed E-state index contributed by atoms with van der Waals surface area (Å²) in [6.45, 7) is 3.19. The fraction of sp³-hybridized carbons (Fsp3) is 0.583. The molecule has 2 rings (SSSR count). The summed E-state index contributed by atoms with van der Waals surface area (Å²) >= 11 is 1.16. The molecule has 1 unspecified atom stereocenters. The second-order valence-corrected chi connectivity index (χ2v) is 7.69. The smallest absolute Gasteiger partial charge is 0.261 e. The standard InChI is InChI=1S/C12H18N2O3S2/c1-9-4-3-5-14(7-9)19(16,17)10-6-11(18-8-10)12(15)13-2/h6,8-9H,3-5,7H2,1-2H3,(H,13,15). The lowest BCUT2D eigenvalue weighted by Gasteiger charge is -2.29. The SMILES string of the molecule is CNC(=O)c1cc(S(=O)(=O)N2CCCC(C)C2)cs1. The van der Waals surface area contributed by atoms with Crippen LogP contribution in [0.3, 0.4) is 0 Å². The molecule has 1 amide bonds. The maximum absolute atomic E-state index is 12.5. The van der Waals surface area contributed by atoms with Crippen LogP contribution >= 0.6 is 11.3 Å². The first-order chi connectivity index (χ1) is 8.95. The van der Waals surface area contributed by atoms with E-state index in [2.05, 4.69) is 12.2 Å². The van der Waals surface area contributed by atoms with Gasteiger partial charge in [-0.3, -0.25) is 4.79 Å². The van der Waals surface area contributed by atoms with Crippen molar-refractivity contribution in [2.75, 3.05) is 20.1 Å². The van der Waals surface area contributed by atoms with E-state index in [9.17, 15) is 13.2 Å². The third-order valence-corrected chi connectivity index (χ3v) is 6.20. The number of nitrogens with zero attached hydrogens (tertiary/aromatic N) is 1. The van der Waals surface area contributed by atoms with Gasteiger partial charge in [-0.1, -0.05) is 6.92 Å². The summed E-state index contributed by atoms with van der Waals surface area (Å²) in [5, 5.41) is 4.04. The van der Waals surface area contributed by atoms with Crippen molar-refractivity contribution in [3.8, 4) is 0 Å². The monoisotopic (exact) mass is 302 g/mol. The summed E-state index contributed by atoms with van der Waals surface area (Å²) in [6, 6.07) is 1.46. The molecule has 0 aliphatic carbocycles. The average molecular weight is 302 g/mol. The van der Waals surface area contributed by atoms with Gasteiger partial charge in [-0.25, -0.2) is 8.42 Å². The Morgan fingerprint density at radius 2 is 2.26 bits per heavy atom. The number of rotatable bonds is 3. The Morgan fingerprint density at radius 3 is 2.89 bits per heavy atom. The molecule has 5 nitrogen and oxygen atoms in total. The summed E-state index contributed by atoms with van der Waals surface area (Å²) in [5.74, 6) is 0.138. The first-order valence-corrected chi connectivity index (χ1v) is 8.58. The minimum atomic E-state index is -3.45. The van der Waals surface area contributed by atoms with Crippen LogP contribution in [0, 0.1) is 5.92 Å². The summed E-state index contributed by atoms with van der Waals surface area (Å²) < 4.78 is 26.4. The molecule has 1 saturated heterocycles. The highest BCUT2D eigenvalue weighted by molar-refractivity contribution is 7.89. The van der Waals surface area contributed by atoms with E-state index >= 15 is 0 Å². The molecule has 1 aliphatic rings. The lowest BCUT2D eigenvalue weighted by molar-refractivity contribution is 0.0967. The molecule has 1 aromatic heterocycles. The third kappa shape index (κ3) is 2.98. The van der Waals surface area contributed by atoms with E-state index < -0.39 is 10.0 Å². The van der Waals surface area contributed by atoms with Gasteiger partial charge >= 0.3 is 0 Å². The van der Waals surface area contributed by atoms with Crippen molar-refractivity contribution < 1.29 is 13.2 Å². The number of hydrogen-bond acceptors (Lipinski definition) is 4. The van der Waals surface area contributed by atoms with Crippen LogP contribution in [-0.4, -0.2) is 38.8 Å². The Bertz CT molecular complexity index is 565. The van der Waals surface area contributed by atoms with Crippen molar-refractivity contribution in [3.05, 3.63) is 16.3 Å². The van der Waals surface area contributed by atoms with Crippen LogP contribution in [0.4, 0.5) is 0 Å². The molecule has 19 heavy (non-hydrogen) atoms. The molecule has 7 heteroatoms. The van der Waals surface area contributed by atoms with Gasteiger partial charge in [0.1, 0.15) is 0 Å². The molecule has 0 saturated carbocycles. The summed E-state index contributed by atoms with van der Waals surface area (Å²) in [4.78, 5) is 12.1. The molecule has 2 heterocycles. The minimum Gasteiger partial charge on any atom is -0.354 e. The molecular weight excluding hydrogens is 284 g/mol. The minimum absolute atomic E-state index is 0.227. The molecular formula is C12H18N2O3S2. The van der Waals surface area contributed by atoms with Crippen molar-refractivity contribution in [2.24, 2.45) is 5.92 Å². The lowest BCUT2D eigenvalue weighted by Crippen LogP contribution is -2.38. The van der Waals surface area contributed by atoms with E-state index in [-0.39, 0.29) is 10.8 Å². The van der Waals surface area contributed by atoms with Crippen LogP contribution in [0.2, 0.25) is 0 Å². The van der Waals surface area contributed by atoms with Gasteiger partial charge in [-0.05, 0) is 24.8 Å². The Morgan fingerprint density at radius 1 is 1.53 bits per heavy atom. The first-order valence-electron chi connectivity index (χ1n) is 6.26. The van der Waals surface area contributed by atoms with Crippen LogP contribution < -0.4 is 5.32 Å². The summed E-state index contributed by atoms with van der Waals surface area (Å²) in [6.07, 6.45) is 1.96. The predicted molar refractivity (Wildman–Crippen MR) is 74.9 cm³/mol. The Labute approximate surface area is 117 Å². The molecule has 1 N–H and O–H groups in total. The molecule has 1 aliphatic heterocycles. The van der Waals surface area contributed by atoms with Gasteiger partial charge in [0.05, 0.1) is 9.77 Å². The van der Waals surface area contributed by atoms with E-state index in [1.54, 1.807) is 5.38 Å². The second-order valence-electron chi connectivity index (χ2n) is 4.84. The zero-order valence-corrected chi connectivity index (χ0v) is 12.7. The van der Waals surface area contributed by atoms with Crippen molar-refractivity contribution in [3.63, 3.8) is 0 Å². The number of carbonyl (C=O) groups is 1. The van der Waals surface area contributed by atoms with Crippen LogP contribution in [0.5, 0.6) is 0 Å². The van der Waals surface area contributed by atoms with Gasteiger partial charge < -0.3 is 5.32 Å². The zero-order chi connectivity index (χ0) is 14.0. The van der Waals surface area contributed by atoms with E-state index in [1.165, 1.54) is 17.4 Å². The third-order valence-electron chi connectivity index (χ3n) is 3.28. The van der Waals surface area contributed by atoms with Gasteiger partial charge in [0.25, 0.3) is 5.91 Å². The number of nitrogens with one attached hydrogen (secondary N) is 1. The van der Waals surface area contributed by atoms with Gasteiger partial charge in [-0.2, -0.15) is 4.31 Å². The number of amides is 1. The quantitative estimate of drug-likeness (QED) is 0.921.